The van der Waals surface area contributed by atoms with Crippen LogP contribution in [-0.2, 0) is 32.1 Å². The fourth-order valence-electron chi connectivity index (χ4n) is 4.39. The van der Waals surface area contributed by atoms with Gasteiger partial charge >= 0.3 is 0 Å². The molecule has 0 saturated heterocycles. The number of allylic oxidation sites excluding steroid dienone is 1. The minimum atomic E-state index is 0.833. The molecule has 0 aromatic heterocycles. The molecule has 0 heteroatoms. The number of fused-ring (bicyclic) bond motifs is 3. The third kappa shape index (κ3) is 17.2. The second-order valence-corrected chi connectivity index (χ2v) is 13.1. The monoisotopic (exact) mass is 540 g/mol. The molecule has 0 unspecified atom stereocenters. The van der Waals surface area contributed by atoms with Gasteiger partial charge in [-0.15, -0.1) is 0 Å². The van der Waals surface area contributed by atoms with E-state index >= 15 is 0 Å². The Morgan fingerprint density at radius 1 is 0.400 bits per heavy atom. The molecule has 0 spiro atoms. The first-order valence-corrected chi connectivity index (χ1v) is 16.0. The lowest BCUT2D eigenvalue weighted by Gasteiger charge is -2.13. The Morgan fingerprint density at radius 2 is 0.700 bits per heavy atom. The van der Waals surface area contributed by atoms with Gasteiger partial charge in [0.25, 0.3) is 0 Å². The Balaban J connectivity index is 0.000000252. The molecule has 0 bridgehead atoms. The van der Waals surface area contributed by atoms with E-state index in [-0.39, 0.29) is 0 Å². The summed E-state index contributed by atoms with van der Waals surface area (Å²) in [5.74, 6) is 2.50. The molecule has 3 aliphatic carbocycles. The van der Waals surface area contributed by atoms with Gasteiger partial charge in [0.05, 0.1) is 0 Å². The minimum Gasteiger partial charge on any atom is -0.0795 e. The van der Waals surface area contributed by atoms with Crippen LogP contribution in [0.25, 0.3) is 6.08 Å². The highest BCUT2D eigenvalue weighted by molar-refractivity contribution is 5.59. The first-order valence-electron chi connectivity index (χ1n) is 16.0. The third-order valence-corrected chi connectivity index (χ3v) is 5.96. The van der Waals surface area contributed by atoms with E-state index in [1.807, 2.05) is 0 Å². The predicted molar refractivity (Wildman–Crippen MR) is 182 cm³/mol. The molecule has 0 atom stereocenters. The summed E-state index contributed by atoms with van der Waals surface area (Å²) in [6.45, 7) is 19.5. The van der Waals surface area contributed by atoms with Gasteiger partial charge in [0, 0.05) is 0 Å². The molecule has 0 fully saturated rings. The minimum absolute atomic E-state index is 0.833. The number of hydrogen-bond acceptors (Lipinski definition) is 0. The van der Waals surface area contributed by atoms with E-state index in [2.05, 4.69) is 147 Å². The van der Waals surface area contributed by atoms with E-state index in [1.165, 1.54) is 56.1 Å². The van der Waals surface area contributed by atoms with Crippen LogP contribution < -0.4 is 0 Å². The van der Waals surface area contributed by atoms with Crippen molar-refractivity contribution in [2.75, 3.05) is 0 Å². The number of benzene rings is 3. The number of rotatable bonds is 0. The van der Waals surface area contributed by atoms with Crippen LogP contribution in [0.4, 0.5) is 0 Å². The summed E-state index contributed by atoms with van der Waals surface area (Å²) in [6, 6.07) is 26.0. The summed E-state index contributed by atoms with van der Waals surface area (Å²) in [7, 11) is 0. The fraction of sp³-hybridized carbons (Fsp3) is 0.500. The standard InChI is InChI=1S/C10H12.C9H10.C9H8.3C4H10/c1-2-6-10-8-4-3-7-9(10)5-1;2*1-2-5-9-7-3-6-8(9)4-1;3*1-4(2)3/h1-2,5-6H,3-4,7-8H2;1-2,4-5H,3,6-7H2;1-6H,7H2;3*4H,1-3H3. The second-order valence-electron chi connectivity index (χ2n) is 13.1. The van der Waals surface area contributed by atoms with Crippen molar-refractivity contribution in [2.24, 2.45) is 17.8 Å². The molecule has 0 amide bonds. The Labute approximate surface area is 249 Å². The van der Waals surface area contributed by atoms with Gasteiger partial charge in [0.15, 0.2) is 0 Å². The maximum Gasteiger partial charge on any atom is -0.00882 e. The van der Waals surface area contributed by atoms with Crippen molar-refractivity contribution in [3.8, 4) is 0 Å². The molecule has 0 N–H and O–H groups in total. The maximum atomic E-state index is 2.26. The summed E-state index contributed by atoms with van der Waals surface area (Å²) in [5.41, 5.74) is 9.13. The molecular weight excluding hydrogens is 480 g/mol. The molecule has 0 aliphatic heterocycles. The smallest absolute Gasteiger partial charge is 0.00882 e. The van der Waals surface area contributed by atoms with Crippen molar-refractivity contribution in [3.05, 3.63) is 112 Å². The predicted octanol–water partition coefficient (Wildman–Crippen LogP) is 12.0. The van der Waals surface area contributed by atoms with Crippen LogP contribution in [0.2, 0.25) is 0 Å². The summed E-state index contributed by atoms with van der Waals surface area (Å²) in [4.78, 5) is 0. The van der Waals surface area contributed by atoms with Crippen molar-refractivity contribution in [1.82, 2.24) is 0 Å². The molecule has 220 valence electrons. The van der Waals surface area contributed by atoms with E-state index in [9.17, 15) is 0 Å². The summed E-state index contributed by atoms with van der Waals surface area (Å²) < 4.78 is 0. The van der Waals surface area contributed by atoms with Gasteiger partial charge < -0.3 is 0 Å². The summed E-state index contributed by atoms with van der Waals surface area (Å²) >= 11 is 0. The highest BCUT2D eigenvalue weighted by Crippen LogP contribution is 2.21. The SMILES string of the molecule is C1=Cc2ccccc2C1.CC(C)C.CC(C)C.CC(C)C.c1ccc2c(c1)CCC2.c1ccc2c(c1)CCCC2. The maximum absolute atomic E-state index is 2.26. The van der Waals surface area contributed by atoms with Gasteiger partial charge in [-0.3, -0.25) is 0 Å². The van der Waals surface area contributed by atoms with Crippen LogP contribution in [-0.4, -0.2) is 0 Å². The number of hydrogen-bond donors (Lipinski definition) is 0. The Hall–Kier alpha value is -2.60. The lowest BCUT2D eigenvalue weighted by molar-refractivity contribution is 0.685. The van der Waals surface area contributed by atoms with Crippen LogP contribution >= 0.6 is 0 Å². The first kappa shape index (κ1) is 35.4. The summed E-state index contributed by atoms with van der Waals surface area (Å²) in [5, 5.41) is 0. The largest absolute Gasteiger partial charge is 0.0795 e. The first-order chi connectivity index (χ1) is 19.1. The number of aryl methyl sites for hydroxylation is 4. The van der Waals surface area contributed by atoms with Crippen molar-refractivity contribution in [3.63, 3.8) is 0 Å². The van der Waals surface area contributed by atoms with Gasteiger partial charge in [-0.2, -0.15) is 0 Å². The van der Waals surface area contributed by atoms with E-state index in [0.29, 0.717) is 0 Å². The molecule has 3 aromatic rings. The van der Waals surface area contributed by atoms with Gasteiger partial charge in [-0.05, 0) is 103 Å². The quantitative estimate of drug-likeness (QED) is 0.266. The molecule has 3 aliphatic rings. The fourth-order valence-corrected chi connectivity index (χ4v) is 4.39. The van der Waals surface area contributed by atoms with Gasteiger partial charge in [-0.1, -0.05) is 147 Å². The van der Waals surface area contributed by atoms with Gasteiger partial charge in [0.1, 0.15) is 0 Å². The molecular formula is C40H60. The topological polar surface area (TPSA) is 0 Å². The third-order valence-electron chi connectivity index (χ3n) is 5.96. The molecule has 40 heavy (non-hydrogen) atoms. The molecule has 0 radical (unpaired) electrons. The Kier molecular flexibility index (Phi) is 18.8. The molecule has 3 aromatic carbocycles. The van der Waals surface area contributed by atoms with E-state index in [0.717, 1.165) is 24.2 Å². The van der Waals surface area contributed by atoms with Crippen molar-refractivity contribution in [2.45, 2.75) is 114 Å². The van der Waals surface area contributed by atoms with Crippen molar-refractivity contribution in [1.29, 1.82) is 0 Å². The highest BCUT2D eigenvalue weighted by atomic mass is 14.1. The lowest BCUT2D eigenvalue weighted by atomic mass is 9.92. The average molecular weight is 541 g/mol. The van der Waals surface area contributed by atoms with Crippen LogP contribution in [0.5, 0.6) is 0 Å². The molecule has 0 heterocycles. The van der Waals surface area contributed by atoms with Crippen LogP contribution in [0.15, 0.2) is 78.9 Å². The van der Waals surface area contributed by atoms with E-state index < -0.39 is 0 Å². The van der Waals surface area contributed by atoms with Gasteiger partial charge in [-0.25, -0.2) is 0 Å². The Bertz CT molecular complexity index is 988. The average Bonchev–Trinajstić information content (AvgIpc) is 3.58. The van der Waals surface area contributed by atoms with Crippen LogP contribution in [0, 0.1) is 17.8 Å². The lowest BCUT2D eigenvalue weighted by Crippen LogP contribution is -2.00. The normalized spacial score (nSPS) is 13.4. The zero-order valence-electron chi connectivity index (χ0n) is 27.5. The molecule has 6 rings (SSSR count). The zero-order chi connectivity index (χ0) is 29.8. The summed E-state index contributed by atoms with van der Waals surface area (Å²) in [6.07, 6.45) is 14.8. The Morgan fingerprint density at radius 3 is 1.05 bits per heavy atom. The molecule has 0 nitrogen and oxygen atoms in total. The van der Waals surface area contributed by atoms with E-state index in [4.69, 9.17) is 0 Å². The molecule has 0 saturated carbocycles. The zero-order valence-corrected chi connectivity index (χ0v) is 27.5. The van der Waals surface area contributed by atoms with Crippen LogP contribution in [0.1, 0.15) is 115 Å². The van der Waals surface area contributed by atoms with Crippen molar-refractivity contribution >= 4 is 6.08 Å². The highest BCUT2D eigenvalue weighted by Gasteiger charge is 2.07. The van der Waals surface area contributed by atoms with E-state index in [1.54, 1.807) is 22.3 Å². The van der Waals surface area contributed by atoms with Crippen molar-refractivity contribution < 1.29 is 0 Å². The van der Waals surface area contributed by atoms with Gasteiger partial charge in [0.2, 0.25) is 0 Å². The van der Waals surface area contributed by atoms with Crippen LogP contribution in [0.3, 0.4) is 0 Å². The second kappa shape index (κ2) is 21.2.